The SMILES string of the molecule is COCCCCN1CCN(c2ccc3c(c2)C(=O)N(C2CCC(=O)NC2=O)C3=O)CC1. The van der Waals surface area contributed by atoms with Gasteiger partial charge in [-0.3, -0.25) is 34.3 Å². The molecule has 9 heteroatoms. The van der Waals surface area contributed by atoms with Crippen molar-refractivity contribution in [2.24, 2.45) is 0 Å². The van der Waals surface area contributed by atoms with Crippen LogP contribution in [0.15, 0.2) is 18.2 Å². The molecule has 166 valence electrons. The predicted molar refractivity (Wildman–Crippen MR) is 113 cm³/mol. The number of carbonyl (C=O) groups excluding carboxylic acids is 4. The lowest BCUT2D eigenvalue weighted by Gasteiger charge is -2.36. The van der Waals surface area contributed by atoms with Crippen LogP contribution in [0.4, 0.5) is 5.69 Å². The van der Waals surface area contributed by atoms with Gasteiger partial charge in [-0.05, 0) is 44.0 Å². The molecule has 3 aliphatic rings. The molecule has 0 aliphatic carbocycles. The summed E-state index contributed by atoms with van der Waals surface area (Å²) in [5.74, 6) is -1.90. The Balaban J connectivity index is 1.41. The fourth-order valence-corrected chi connectivity index (χ4v) is 4.47. The molecule has 0 saturated carbocycles. The van der Waals surface area contributed by atoms with E-state index in [4.69, 9.17) is 4.74 Å². The molecule has 1 aromatic carbocycles. The van der Waals surface area contributed by atoms with E-state index in [0.717, 1.165) is 62.8 Å². The second-order valence-corrected chi connectivity index (χ2v) is 8.21. The number of nitrogens with zero attached hydrogens (tertiary/aromatic N) is 3. The Labute approximate surface area is 181 Å². The van der Waals surface area contributed by atoms with Crippen molar-refractivity contribution < 1.29 is 23.9 Å². The maximum Gasteiger partial charge on any atom is 0.262 e. The van der Waals surface area contributed by atoms with Gasteiger partial charge in [0.2, 0.25) is 11.8 Å². The normalized spacial score (nSPS) is 22.2. The lowest BCUT2D eigenvalue weighted by Crippen LogP contribution is -2.54. The van der Waals surface area contributed by atoms with Crippen molar-refractivity contribution in [1.29, 1.82) is 0 Å². The van der Waals surface area contributed by atoms with E-state index in [2.05, 4.69) is 15.1 Å². The van der Waals surface area contributed by atoms with Crippen LogP contribution in [0, 0.1) is 0 Å². The second kappa shape index (κ2) is 9.15. The van der Waals surface area contributed by atoms with Crippen LogP contribution in [-0.4, -0.2) is 85.9 Å². The number of unbranched alkanes of at least 4 members (excludes halogenated alkanes) is 1. The number of methoxy groups -OCH3 is 1. The van der Waals surface area contributed by atoms with Crippen molar-refractivity contribution in [3.8, 4) is 0 Å². The van der Waals surface area contributed by atoms with Crippen molar-refractivity contribution in [3.05, 3.63) is 29.3 Å². The van der Waals surface area contributed by atoms with Gasteiger partial charge in [-0.2, -0.15) is 0 Å². The molecule has 0 bridgehead atoms. The van der Waals surface area contributed by atoms with Gasteiger partial charge in [-0.15, -0.1) is 0 Å². The van der Waals surface area contributed by atoms with Crippen molar-refractivity contribution in [2.75, 3.05) is 51.3 Å². The number of piperazine rings is 1. The van der Waals surface area contributed by atoms with Gasteiger partial charge in [-0.1, -0.05) is 0 Å². The van der Waals surface area contributed by atoms with Crippen molar-refractivity contribution in [1.82, 2.24) is 15.1 Å². The van der Waals surface area contributed by atoms with E-state index >= 15 is 0 Å². The van der Waals surface area contributed by atoms with Crippen LogP contribution in [0.5, 0.6) is 0 Å². The van der Waals surface area contributed by atoms with Gasteiger partial charge in [0.1, 0.15) is 6.04 Å². The quantitative estimate of drug-likeness (QED) is 0.503. The number of amides is 4. The van der Waals surface area contributed by atoms with Crippen molar-refractivity contribution in [3.63, 3.8) is 0 Å². The van der Waals surface area contributed by atoms with E-state index in [9.17, 15) is 19.2 Å². The largest absolute Gasteiger partial charge is 0.385 e. The van der Waals surface area contributed by atoms with Gasteiger partial charge < -0.3 is 9.64 Å². The second-order valence-electron chi connectivity index (χ2n) is 8.21. The average molecular weight is 428 g/mol. The summed E-state index contributed by atoms with van der Waals surface area (Å²) >= 11 is 0. The van der Waals surface area contributed by atoms with Crippen LogP contribution < -0.4 is 10.2 Å². The maximum atomic E-state index is 13.0. The molecule has 1 N–H and O–H groups in total. The first-order valence-electron chi connectivity index (χ1n) is 10.8. The highest BCUT2D eigenvalue weighted by Crippen LogP contribution is 2.31. The monoisotopic (exact) mass is 428 g/mol. The number of rotatable bonds is 7. The van der Waals surface area contributed by atoms with E-state index in [-0.39, 0.29) is 18.7 Å². The molecule has 1 aromatic rings. The molecule has 31 heavy (non-hydrogen) atoms. The van der Waals surface area contributed by atoms with E-state index in [1.807, 2.05) is 6.07 Å². The molecule has 2 saturated heterocycles. The number of nitrogens with one attached hydrogen (secondary N) is 1. The van der Waals surface area contributed by atoms with E-state index in [1.165, 1.54) is 0 Å². The van der Waals surface area contributed by atoms with Crippen LogP contribution in [0.2, 0.25) is 0 Å². The molecular weight excluding hydrogens is 400 g/mol. The standard InChI is InChI=1S/C22H28N4O5/c1-31-13-3-2-8-24-9-11-25(12-10-24)15-4-5-16-17(14-15)22(30)26(21(16)29)18-6-7-19(27)23-20(18)28/h4-5,14,18H,2-3,6-13H2,1H3,(H,23,27,28). The van der Waals surface area contributed by atoms with Gasteiger partial charge in [0.15, 0.2) is 0 Å². The summed E-state index contributed by atoms with van der Waals surface area (Å²) in [5.41, 5.74) is 1.55. The van der Waals surface area contributed by atoms with E-state index < -0.39 is 23.8 Å². The summed E-state index contributed by atoms with van der Waals surface area (Å²) in [4.78, 5) is 55.1. The van der Waals surface area contributed by atoms with Gasteiger partial charge in [-0.25, -0.2) is 0 Å². The van der Waals surface area contributed by atoms with Gasteiger partial charge >= 0.3 is 0 Å². The lowest BCUT2D eigenvalue weighted by atomic mass is 10.0. The third kappa shape index (κ3) is 4.33. The van der Waals surface area contributed by atoms with Crippen LogP contribution in [-0.2, 0) is 14.3 Å². The number of hydrogen-bond acceptors (Lipinski definition) is 7. The third-order valence-electron chi connectivity index (χ3n) is 6.23. The van der Waals surface area contributed by atoms with E-state index in [1.54, 1.807) is 19.2 Å². The number of imide groups is 2. The van der Waals surface area contributed by atoms with Gasteiger partial charge in [0.25, 0.3) is 11.8 Å². The fraction of sp³-hybridized carbons (Fsp3) is 0.545. The van der Waals surface area contributed by atoms with Crippen LogP contribution in [0.1, 0.15) is 46.4 Å². The number of hydrogen-bond donors (Lipinski definition) is 1. The summed E-state index contributed by atoms with van der Waals surface area (Å²) in [6.45, 7) is 5.43. The molecular formula is C22H28N4O5. The Morgan fingerprint density at radius 1 is 1.00 bits per heavy atom. The average Bonchev–Trinajstić information content (AvgIpc) is 3.02. The molecule has 4 amide bonds. The smallest absolute Gasteiger partial charge is 0.262 e. The summed E-state index contributed by atoms with van der Waals surface area (Å²) in [6, 6.07) is 4.37. The zero-order chi connectivity index (χ0) is 22.0. The number of piperidine rings is 1. The predicted octanol–water partition coefficient (Wildman–Crippen LogP) is 0.636. The van der Waals surface area contributed by atoms with Crippen LogP contribution >= 0.6 is 0 Å². The van der Waals surface area contributed by atoms with Crippen molar-refractivity contribution in [2.45, 2.75) is 31.7 Å². The van der Waals surface area contributed by atoms with E-state index in [0.29, 0.717) is 11.1 Å². The molecule has 3 aliphatic heterocycles. The molecule has 0 radical (unpaired) electrons. The first-order valence-corrected chi connectivity index (χ1v) is 10.8. The summed E-state index contributed by atoms with van der Waals surface area (Å²) < 4.78 is 5.10. The number of fused-ring (bicyclic) bond motifs is 1. The molecule has 1 unspecified atom stereocenters. The molecule has 3 heterocycles. The molecule has 9 nitrogen and oxygen atoms in total. The summed E-state index contributed by atoms with van der Waals surface area (Å²) in [7, 11) is 1.72. The molecule has 1 atom stereocenters. The summed E-state index contributed by atoms with van der Waals surface area (Å²) in [6.07, 6.45) is 2.45. The zero-order valence-corrected chi connectivity index (χ0v) is 17.8. The highest BCUT2D eigenvalue weighted by atomic mass is 16.5. The molecule has 0 aromatic heterocycles. The zero-order valence-electron chi connectivity index (χ0n) is 17.8. The molecule has 4 rings (SSSR count). The Kier molecular flexibility index (Phi) is 6.33. The Morgan fingerprint density at radius 3 is 2.45 bits per heavy atom. The first-order chi connectivity index (χ1) is 15.0. The van der Waals surface area contributed by atoms with Gasteiger partial charge in [0, 0.05) is 52.0 Å². The molecule has 0 spiro atoms. The Hall–Kier alpha value is -2.78. The van der Waals surface area contributed by atoms with Crippen LogP contribution in [0.25, 0.3) is 0 Å². The molecule has 2 fully saturated rings. The lowest BCUT2D eigenvalue weighted by molar-refractivity contribution is -0.136. The number of carbonyl (C=O) groups is 4. The minimum Gasteiger partial charge on any atom is -0.385 e. The highest BCUT2D eigenvalue weighted by Gasteiger charge is 2.44. The van der Waals surface area contributed by atoms with Crippen LogP contribution in [0.3, 0.4) is 0 Å². The third-order valence-corrected chi connectivity index (χ3v) is 6.23. The Bertz CT molecular complexity index is 894. The number of anilines is 1. The maximum absolute atomic E-state index is 13.0. The minimum absolute atomic E-state index is 0.116. The van der Waals surface area contributed by atoms with Gasteiger partial charge in [0.05, 0.1) is 11.1 Å². The number of ether oxygens (including phenoxy) is 1. The number of benzene rings is 1. The fourth-order valence-electron chi connectivity index (χ4n) is 4.47. The first kappa shape index (κ1) is 21.5. The summed E-state index contributed by atoms with van der Waals surface area (Å²) in [5, 5.41) is 2.22. The van der Waals surface area contributed by atoms with Crippen molar-refractivity contribution >= 4 is 29.3 Å². The minimum atomic E-state index is -0.935. The topological polar surface area (TPSA) is 99.3 Å². The highest BCUT2D eigenvalue weighted by molar-refractivity contribution is 6.23. The Morgan fingerprint density at radius 2 is 1.74 bits per heavy atom.